The molecular weight excluding hydrogens is 312 g/mol. The Kier molecular flexibility index (Phi) is 5.57. The maximum Gasteiger partial charge on any atom is 0.226 e. The molecule has 6 heteroatoms. The molecule has 0 fully saturated rings. The normalized spacial score (nSPS) is 12.3. The first-order chi connectivity index (χ1) is 10.7. The summed E-state index contributed by atoms with van der Waals surface area (Å²) in [6.07, 6.45) is 0.656. The minimum Gasteiger partial charge on any atom is -0.339 e. The van der Waals surface area contributed by atoms with Gasteiger partial charge in [-0.1, -0.05) is 57.1 Å². The highest BCUT2D eigenvalue weighted by molar-refractivity contribution is 7.89. The fourth-order valence-corrected chi connectivity index (χ4v) is 3.59. The summed E-state index contributed by atoms with van der Waals surface area (Å²) in [5.41, 5.74) is 1.97. The smallest absolute Gasteiger partial charge is 0.226 e. The van der Waals surface area contributed by atoms with Gasteiger partial charge in [-0.3, -0.25) is 0 Å². The van der Waals surface area contributed by atoms with Gasteiger partial charge in [0.05, 0.1) is 5.75 Å². The third-order valence-corrected chi connectivity index (χ3v) is 4.95. The zero-order chi connectivity index (χ0) is 17.0. The Bertz CT molecular complexity index is 731. The van der Waals surface area contributed by atoms with Gasteiger partial charge in [0.25, 0.3) is 0 Å². The summed E-state index contributed by atoms with van der Waals surface area (Å²) in [5, 5.41) is 3.77. The van der Waals surface area contributed by atoms with Crippen LogP contribution < -0.4 is 0 Å². The van der Waals surface area contributed by atoms with Crippen molar-refractivity contribution in [3.8, 4) is 0 Å². The van der Waals surface area contributed by atoms with Gasteiger partial charge in [-0.05, 0) is 23.0 Å². The van der Waals surface area contributed by atoms with Gasteiger partial charge in [0.2, 0.25) is 5.89 Å². The Labute approximate surface area is 138 Å². The lowest BCUT2D eigenvalue weighted by molar-refractivity contribution is 0.359. The molecule has 1 aromatic heterocycles. The number of nitrogens with zero attached hydrogens (tertiary/aromatic N) is 2. The molecule has 0 aliphatic rings. The molecule has 0 spiro atoms. The molecule has 0 unspecified atom stereocenters. The van der Waals surface area contributed by atoms with Crippen LogP contribution in [0.1, 0.15) is 56.5 Å². The van der Waals surface area contributed by atoms with E-state index in [0.29, 0.717) is 24.1 Å². The summed E-state index contributed by atoms with van der Waals surface area (Å²) in [7, 11) is -3.32. The largest absolute Gasteiger partial charge is 0.339 e. The molecule has 0 amide bonds. The fraction of sp³-hybridized carbons (Fsp3) is 0.529. The van der Waals surface area contributed by atoms with Gasteiger partial charge in [-0.15, -0.1) is 0 Å². The second-order valence-electron chi connectivity index (χ2n) is 6.63. The molecule has 1 heterocycles. The number of rotatable bonds is 7. The van der Waals surface area contributed by atoms with Crippen molar-refractivity contribution in [1.82, 2.24) is 10.1 Å². The van der Waals surface area contributed by atoms with E-state index in [4.69, 9.17) is 4.52 Å². The molecule has 0 atom stereocenters. The second kappa shape index (κ2) is 7.25. The Morgan fingerprint density at radius 2 is 1.70 bits per heavy atom. The topological polar surface area (TPSA) is 73.1 Å². The van der Waals surface area contributed by atoms with Crippen LogP contribution in [-0.4, -0.2) is 18.6 Å². The molecule has 126 valence electrons. The van der Waals surface area contributed by atoms with Crippen molar-refractivity contribution in [2.75, 3.05) is 0 Å². The SMILES string of the molecule is CC(C)Cc1nc(CS(=O)(=O)Cc2ccc(C(C)C)cc2)no1. The molecular formula is C17H24N2O3S. The van der Waals surface area contributed by atoms with Crippen molar-refractivity contribution in [1.29, 1.82) is 0 Å². The van der Waals surface area contributed by atoms with Gasteiger partial charge in [-0.25, -0.2) is 8.42 Å². The maximum absolute atomic E-state index is 12.3. The molecule has 0 radical (unpaired) electrons. The highest BCUT2D eigenvalue weighted by Gasteiger charge is 2.18. The zero-order valence-corrected chi connectivity index (χ0v) is 14.9. The van der Waals surface area contributed by atoms with Crippen molar-refractivity contribution >= 4 is 9.84 Å². The Hall–Kier alpha value is -1.69. The standard InChI is InChI=1S/C17H24N2O3S/c1-12(2)9-17-18-16(19-22-17)11-23(20,21)10-14-5-7-15(8-6-14)13(3)4/h5-8,12-13H,9-11H2,1-4H3. The average Bonchev–Trinajstić information content (AvgIpc) is 2.84. The van der Waals surface area contributed by atoms with E-state index in [1.54, 1.807) is 0 Å². The highest BCUT2D eigenvalue weighted by Crippen LogP contribution is 2.17. The molecule has 1 aromatic carbocycles. The summed E-state index contributed by atoms with van der Waals surface area (Å²) < 4.78 is 29.7. The fourth-order valence-electron chi connectivity index (χ4n) is 2.28. The van der Waals surface area contributed by atoms with Gasteiger partial charge in [0.1, 0.15) is 5.75 Å². The van der Waals surface area contributed by atoms with E-state index in [9.17, 15) is 8.42 Å². The van der Waals surface area contributed by atoms with Crippen LogP contribution in [-0.2, 0) is 27.8 Å². The van der Waals surface area contributed by atoms with Gasteiger partial charge in [-0.2, -0.15) is 4.98 Å². The van der Waals surface area contributed by atoms with E-state index in [2.05, 4.69) is 24.0 Å². The quantitative estimate of drug-likeness (QED) is 0.773. The molecule has 23 heavy (non-hydrogen) atoms. The van der Waals surface area contributed by atoms with Crippen LogP contribution in [0.2, 0.25) is 0 Å². The molecule has 2 rings (SSSR count). The maximum atomic E-state index is 12.3. The lowest BCUT2D eigenvalue weighted by Crippen LogP contribution is -2.09. The predicted octanol–water partition coefficient (Wildman–Crippen LogP) is 3.51. The van der Waals surface area contributed by atoms with Crippen LogP contribution >= 0.6 is 0 Å². The van der Waals surface area contributed by atoms with Crippen LogP contribution in [0.4, 0.5) is 0 Å². The molecule has 0 aliphatic carbocycles. The second-order valence-corrected chi connectivity index (χ2v) is 8.70. The van der Waals surface area contributed by atoms with Crippen LogP contribution in [0.25, 0.3) is 0 Å². The summed E-state index contributed by atoms with van der Waals surface area (Å²) in [5.74, 6) is 1.34. The molecule has 0 aliphatic heterocycles. The summed E-state index contributed by atoms with van der Waals surface area (Å²) >= 11 is 0. The van der Waals surface area contributed by atoms with Crippen molar-refractivity contribution in [2.24, 2.45) is 5.92 Å². The number of hydrogen-bond acceptors (Lipinski definition) is 5. The van der Waals surface area contributed by atoms with Gasteiger partial charge < -0.3 is 4.52 Å². The number of aromatic nitrogens is 2. The van der Waals surface area contributed by atoms with Crippen molar-refractivity contribution in [2.45, 2.75) is 51.5 Å². The first kappa shape index (κ1) is 17.7. The van der Waals surface area contributed by atoms with E-state index in [-0.39, 0.29) is 17.3 Å². The summed E-state index contributed by atoms with van der Waals surface area (Å²) in [6.45, 7) is 8.30. The van der Waals surface area contributed by atoms with Crippen LogP contribution in [0.3, 0.4) is 0 Å². The lowest BCUT2D eigenvalue weighted by Gasteiger charge is -2.07. The number of benzene rings is 1. The van der Waals surface area contributed by atoms with E-state index in [0.717, 1.165) is 5.56 Å². The summed E-state index contributed by atoms with van der Waals surface area (Å²) in [6, 6.07) is 7.69. The van der Waals surface area contributed by atoms with Crippen molar-refractivity contribution < 1.29 is 12.9 Å². The first-order valence-electron chi connectivity index (χ1n) is 7.86. The third-order valence-electron chi connectivity index (χ3n) is 3.47. The minimum absolute atomic E-state index is 0.0145. The highest BCUT2D eigenvalue weighted by atomic mass is 32.2. The van der Waals surface area contributed by atoms with Crippen LogP contribution in [0, 0.1) is 5.92 Å². The van der Waals surface area contributed by atoms with Gasteiger partial charge in [0.15, 0.2) is 15.7 Å². The molecule has 0 saturated heterocycles. The van der Waals surface area contributed by atoms with Crippen molar-refractivity contribution in [3.05, 3.63) is 47.1 Å². The van der Waals surface area contributed by atoms with Crippen molar-refractivity contribution in [3.63, 3.8) is 0 Å². The molecule has 0 saturated carbocycles. The molecule has 2 aromatic rings. The summed E-state index contributed by atoms with van der Waals surface area (Å²) in [4.78, 5) is 4.16. The average molecular weight is 336 g/mol. The first-order valence-corrected chi connectivity index (χ1v) is 9.68. The predicted molar refractivity (Wildman–Crippen MR) is 89.7 cm³/mol. The molecule has 0 N–H and O–H groups in total. The van der Waals surface area contributed by atoms with Gasteiger partial charge in [0, 0.05) is 6.42 Å². The van der Waals surface area contributed by atoms with E-state index in [1.165, 1.54) is 5.56 Å². The Morgan fingerprint density at radius 1 is 1.04 bits per heavy atom. The molecule has 0 bridgehead atoms. The zero-order valence-electron chi connectivity index (χ0n) is 14.1. The molecule has 5 nitrogen and oxygen atoms in total. The van der Waals surface area contributed by atoms with E-state index in [1.807, 2.05) is 38.1 Å². The minimum atomic E-state index is -3.32. The Morgan fingerprint density at radius 3 is 2.26 bits per heavy atom. The third kappa shape index (κ3) is 5.46. The van der Waals surface area contributed by atoms with E-state index < -0.39 is 9.84 Å². The van der Waals surface area contributed by atoms with Crippen LogP contribution in [0.5, 0.6) is 0 Å². The van der Waals surface area contributed by atoms with Gasteiger partial charge >= 0.3 is 0 Å². The van der Waals surface area contributed by atoms with Crippen LogP contribution in [0.15, 0.2) is 28.8 Å². The monoisotopic (exact) mass is 336 g/mol. The number of sulfone groups is 1. The Balaban J connectivity index is 2.02. The number of hydrogen-bond donors (Lipinski definition) is 0. The van der Waals surface area contributed by atoms with E-state index >= 15 is 0 Å². The lowest BCUT2D eigenvalue weighted by atomic mass is 10.0.